The van der Waals surface area contributed by atoms with Crippen molar-refractivity contribution in [2.75, 3.05) is 18.9 Å². The second-order valence-electron chi connectivity index (χ2n) is 16.3. The molecule has 2 unspecified atom stereocenters. The number of nitrogens with one attached hydrogen (secondary N) is 2. The molecule has 5 aliphatic heterocycles. The quantitative estimate of drug-likeness (QED) is 0.260. The maximum atomic E-state index is 12.2. The van der Waals surface area contributed by atoms with Gasteiger partial charge in [0, 0.05) is 119 Å². The summed E-state index contributed by atoms with van der Waals surface area (Å²) in [7, 11) is 0. The van der Waals surface area contributed by atoms with Crippen molar-refractivity contribution in [3.63, 3.8) is 0 Å². The van der Waals surface area contributed by atoms with Gasteiger partial charge in [-0.25, -0.2) is 14.4 Å². The largest absolute Gasteiger partial charge is 0.389 e. The molecule has 5 aliphatic rings. The molecule has 3 aromatic rings. The molecule has 5 fully saturated rings. The molecule has 0 amide bonds. The number of anilines is 1. The van der Waals surface area contributed by atoms with Gasteiger partial charge < -0.3 is 34.0 Å². The fraction of sp³-hybridized carbons (Fsp3) is 0.690. The second-order valence-corrected chi connectivity index (χ2v) is 16.3. The Balaban J connectivity index is 0.000000170. The van der Waals surface area contributed by atoms with Crippen LogP contribution in [0.25, 0.3) is 0 Å². The summed E-state index contributed by atoms with van der Waals surface area (Å²) < 4.78 is 34.8. The number of aromatic amines is 2. The summed E-state index contributed by atoms with van der Waals surface area (Å²) in [6, 6.07) is 1.33. The Hall–Kier alpha value is -3.06. The number of H-pyrrole nitrogens is 2. The average Bonchev–Trinajstić information content (AvgIpc) is 3.78. The minimum atomic E-state index is -0.458. The van der Waals surface area contributed by atoms with Gasteiger partial charge in [-0.05, 0) is 46.0 Å². The maximum absolute atomic E-state index is 12.2. The number of nitrogen functional groups attached to an aromatic ring is 1. The molecular weight excluding hydrogens is 851 g/mol. The molecule has 8 rings (SSSR count). The van der Waals surface area contributed by atoms with Crippen molar-refractivity contribution in [1.82, 2.24) is 28.7 Å². The van der Waals surface area contributed by atoms with Gasteiger partial charge in [0.2, 0.25) is 0 Å². The van der Waals surface area contributed by atoms with Crippen LogP contribution in [-0.2, 0) is 56.4 Å². The Labute approximate surface area is 375 Å². The topological polar surface area (TPSA) is 217 Å². The zero-order valence-corrected chi connectivity index (χ0v) is 39.0. The predicted octanol–water partition coefficient (Wildman–Crippen LogP) is 4.04. The molecule has 60 heavy (non-hydrogen) atoms. The van der Waals surface area contributed by atoms with Crippen molar-refractivity contribution in [3.05, 3.63) is 94.4 Å². The summed E-state index contributed by atoms with van der Waals surface area (Å²) in [5.41, 5.74) is 4.60. The van der Waals surface area contributed by atoms with Gasteiger partial charge in [-0.2, -0.15) is 4.98 Å². The number of nitrogens with two attached hydrogens (primary N) is 1. The first-order chi connectivity index (χ1) is 28.2. The van der Waals surface area contributed by atoms with Crippen LogP contribution < -0.4 is 33.9 Å². The molecule has 8 heterocycles. The Morgan fingerprint density at radius 1 is 0.767 bits per heavy atom. The zero-order valence-electron chi connectivity index (χ0n) is 36.2. The van der Waals surface area contributed by atoms with Gasteiger partial charge in [0.25, 0.3) is 11.1 Å². The van der Waals surface area contributed by atoms with E-state index in [1.54, 1.807) is 23.9 Å². The third-order valence-electron chi connectivity index (χ3n) is 13.2. The zero-order chi connectivity index (χ0) is 42.8. The van der Waals surface area contributed by atoms with E-state index in [4.69, 9.17) is 29.4 Å². The number of aryl methyl sites for hydroxylation is 2. The van der Waals surface area contributed by atoms with E-state index >= 15 is 0 Å². The molecule has 4 bridgehead atoms. The van der Waals surface area contributed by atoms with E-state index < -0.39 is 23.8 Å². The van der Waals surface area contributed by atoms with Crippen LogP contribution in [0.15, 0.2) is 48.6 Å². The van der Waals surface area contributed by atoms with E-state index in [-0.39, 0.29) is 97.0 Å². The van der Waals surface area contributed by atoms with Gasteiger partial charge in [-0.1, -0.05) is 48.0 Å². The van der Waals surface area contributed by atoms with Gasteiger partial charge in [-0.3, -0.25) is 35.1 Å². The number of ether oxygens (including phenoxy) is 5. The van der Waals surface area contributed by atoms with Gasteiger partial charge >= 0.3 is 17.1 Å². The van der Waals surface area contributed by atoms with E-state index in [2.05, 4.69) is 56.5 Å². The summed E-state index contributed by atoms with van der Waals surface area (Å²) in [6.45, 7) is 17.6. The molecule has 0 aromatic carbocycles. The SMILES string of the molecule is CC[C@@H]1C2OCC[C@]1(CC)O[C@H]2n1cc(C)c(=O)[nH]c1=O.CC[C@@H]1C2OCC[C@]1(CC)O[C@H]2n1cc(C)c(N)nc1=O.CC[C@@H]1[CH-][C@H](n2ccc(=O)[nH]c2=O)O[C@@H]1CC.[Y]. The number of hydrogen-bond donors (Lipinski definition) is 3. The molecule has 11 atom stereocenters. The third-order valence-corrected chi connectivity index (χ3v) is 13.2. The van der Waals surface area contributed by atoms with Crippen LogP contribution in [0.5, 0.6) is 0 Å². The van der Waals surface area contributed by atoms with Gasteiger partial charge in [0.1, 0.15) is 18.0 Å². The Morgan fingerprint density at radius 3 is 1.80 bits per heavy atom. The minimum absolute atomic E-state index is 0. The van der Waals surface area contributed by atoms with E-state index in [1.165, 1.54) is 21.4 Å². The van der Waals surface area contributed by atoms with Crippen LogP contribution in [0.1, 0.15) is 123 Å². The molecule has 4 N–H and O–H groups in total. The molecule has 0 spiro atoms. The van der Waals surface area contributed by atoms with Crippen LogP contribution in [0, 0.1) is 38.0 Å². The van der Waals surface area contributed by atoms with Crippen LogP contribution in [-0.4, -0.2) is 71.4 Å². The van der Waals surface area contributed by atoms with Crippen molar-refractivity contribution in [3.8, 4) is 0 Å². The molecule has 329 valence electrons. The Bertz CT molecular complexity index is 2230. The molecule has 5 saturated heterocycles. The van der Waals surface area contributed by atoms with Crippen LogP contribution >= 0.6 is 0 Å². The first kappa shape index (κ1) is 48.0. The van der Waals surface area contributed by atoms with E-state index in [0.29, 0.717) is 30.6 Å². The normalized spacial score (nSPS) is 32.6. The van der Waals surface area contributed by atoms with Gasteiger partial charge in [-0.15, -0.1) is 5.92 Å². The molecule has 18 heteroatoms. The summed E-state index contributed by atoms with van der Waals surface area (Å²) in [6.07, 6.45) is 12.9. The summed E-state index contributed by atoms with van der Waals surface area (Å²) in [5.74, 6) is 1.23. The third kappa shape index (κ3) is 9.18. The van der Waals surface area contributed by atoms with Crippen molar-refractivity contribution in [1.29, 1.82) is 0 Å². The molecule has 17 nitrogen and oxygen atoms in total. The maximum Gasteiger partial charge on any atom is 0.351 e. The fourth-order valence-electron chi connectivity index (χ4n) is 9.87. The van der Waals surface area contributed by atoms with Gasteiger partial charge in [0.05, 0.1) is 11.2 Å². The summed E-state index contributed by atoms with van der Waals surface area (Å²) >= 11 is 0. The number of hydrogen-bond acceptors (Lipinski definition) is 12. The van der Waals surface area contributed by atoms with Crippen molar-refractivity contribution >= 4 is 5.82 Å². The van der Waals surface area contributed by atoms with Crippen LogP contribution in [0.2, 0.25) is 0 Å². The smallest absolute Gasteiger partial charge is 0.351 e. The van der Waals surface area contributed by atoms with Crippen molar-refractivity contribution < 1.29 is 56.4 Å². The number of nitrogens with zero attached hydrogens (tertiary/aromatic N) is 4. The molecule has 1 radical (unpaired) electrons. The number of fused-ring (bicyclic) bond motifs is 4. The first-order valence-electron chi connectivity index (χ1n) is 21.3. The summed E-state index contributed by atoms with van der Waals surface area (Å²) in [5, 5.41) is 0. The van der Waals surface area contributed by atoms with E-state index in [1.807, 2.05) is 13.3 Å². The molecular formula is C42H62N7O10Y-. The van der Waals surface area contributed by atoms with Crippen LogP contribution in [0.4, 0.5) is 5.82 Å². The van der Waals surface area contributed by atoms with Crippen molar-refractivity contribution in [2.24, 2.45) is 17.8 Å². The Morgan fingerprint density at radius 2 is 1.32 bits per heavy atom. The minimum Gasteiger partial charge on any atom is -0.389 e. The predicted molar refractivity (Wildman–Crippen MR) is 220 cm³/mol. The molecule has 0 saturated carbocycles. The van der Waals surface area contributed by atoms with E-state index in [0.717, 1.165) is 56.9 Å². The molecule has 0 aliphatic carbocycles. The number of aromatic nitrogens is 6. The molecule has 3 aromatic heterocycles. The second kappa shape index (κ2) is 20.0. The van der Waals surface area contributed by atoms with Gasteiger partial charge in [0.15, 0.2) is 12.5 Å². The van der Waals surface area contributed by atoms with Crippen LogP contribution in [0.3, 0.4) is 0 Å². The van der Waals surface area contributed by atoms with Crippen molar-refractivity contribution in [2.45, 2.75) is 155 Å². The standard InChI is InChI=1S/C15H23N3O3.C15H22N2O4.C12H17N2O3.Y/c1-4-10-11-13(21-15(10,5-2)6-7-20-11)18-8-9(3)12(16)17-14(18)19;1-4-10-11-13(21-15(10,5-2)6-7-20-11)17-8-9(3)12(18)16-14(17)19;1-3-8-7-11(17-9(8)4-2)14-6-5-10(15)13-12(14)16;/h8,10-11,13H,4-7H2,1-3H3,(H2,16,17,19);8,10-11,13H,4-7H2,1-3H3,(H,16,18,19);5-9,11H,3-4H2,1-2H3,(H,13,15,16);/q;;-1;/t2*10-,11?,13-,15+;8-,9-,11-;/m111./s1. The number of rotatable bonds is 9. The average molecular weight is 914 g/mol. The first-order valence-corrected chi connectivity index (χ1v) is 21.3. The monoisotopic (exact) mass is 913 g/mol. The fourth-order valence-corrected chi connectivity index (χ4v) is 9.87. The Kier molecular flexibility index (Phi) is 16.0. The van der Waals surface area contributed by atoms with E-state index in [9.17, 15) is 24.0 Å². The summed E-state index contributed by atoms with van der Waals surface area (Å²) in [4.78, 5) is 66.9.